The number of rotatable bonds is 4. The van der Waals surface area contributed by atoms with E-state index in [1.54, 1.807) is 55.5 Å². The molecule has 2 aromatic heterocycles. The number of aromatic nitrogens is 1. The number of thiazole rings is 1. The summed E-state index contributed by atoms with van der Waals surface area (Å²) in [6, 6.07) is 17.3. The summed E-state index contributed by atoms with van der Waals surface area (Å²) in [4.78, 5) is 31.3. The van der Waals surface area contributed by atoms with Gasteiger partial charge < -0.3 is 9.15 Å². The normalized spacial score (nSPS) is 15.7. The van der Waals surface area contributed by atoms with E-state index in [1.807, 2.05) is 18.2 Å². The van der Waals surface area contributed by atoms with Gasteiger partial charge in [-0.25, -0.2) is 9.79 Å². The summed E-state index contributed by atoms with van der Waals surface area (Å²) in [6.07, 6.45) is 1.68. The highest BCUT2D eigenvalue weighted by Gasteiger charge is 2.33. The fraction of sp³-hybridized carbons (Fsp3) is 0.115. The zero-order valence-electron chi connectivity index (χ0n) is 18.6. The van der Waals surface area contributed by atoms with Crippen LogP contribution < -0.4 is 14.9 Å². The predicted molar refractivity (Wildman–Crippen MR) is 136 cm³/mol. The lowest BCUT2D eigenvalue weighted by atomic mass is 9.96. The Morgan fingerprint density at radius 1 is 1.06 bits per heavy atom. The molecule has 1 atom stereocenters. The number of benzene rings is 2. The highest BCUT2D eigenvalue weighted by molar-refractivity contribution is 7.07. The standard InChI is InChI=1S/C26H18Cl2N2O4S/c1-14-22(25(32)33-2)23(16-5-9-18(28)10-6-16)30-24(31)21(35-26(30)29-14)13-19-11-12-20(34-19)15-3-7-17(27)8-4-15/h3-13,23H,1-2H3/b21-13+. The number of furan rings is 1. The zero-order valence-corrected chi connectivity index (χ0v) is 20.9. The van der Waals surface area contributed by atoms with Crippen molar-refractivity contribution in [3.63, 3.8) is 0 Å². The van der Waals surface area contributed by atoms with Crippen LogP contribution in [0.15, 0.2) is 86.1 Å². The minimum Gasteiger partial charge on any atom is -0.466 e. The van der Waals surface area contributed by atoms with Gasteiger partial charge >= 0.3 is 5.97 Å². The molecule has 0 saturated carbocycles. The second-order valence-corrected chi connectivity index (χ2v) is 9.72. The minimum atomic E-state index is -0.695. The third-order valence-corrected chi connectivity index (χ3v) is 7.13. The molecule has 1 unspecified atom stereocenters. The van der Waals surface area contributed by atoms with Crippen molar-refractivity contribution in [1.82, 2.24) is 4.57 Å². The molecule has 1 aliphatic heterocycles. The molecule has 3 heterocycles. The summed E-state index contributed by atoms with van der Waals surface area (Å²) < 4.78 is 12.9. The number of hydrogen-bond acceptors (Lipinski definition) is 6. The van der Waals surface area contributed by atoms with Gasteiger partial charge in [0, 0.05) is 21.7 Å². The molecular formula is C26H18Cl2N2O4S. The fourth-order valence-corrected chi connectivity index (χ4v) is 5.26. The van der Waals surface area contributed by atoms with Crippen molar-refractivity contribution in [3.05, 3.63) is 113 Å². The van der Waals surface area contributed by atoms with E-state index in [-0.39, 0.29) is 5.56 Å². The van der Waals surface area contributed by atoms with E-state index in [4.69, 9.17) is 32.4 Å². The third kappa shape index (κ3) is 4.38. The molecule has 6 nitrogen and oxygen atoms in total. The molecule has 0 radical (unpaired) electrons. The number of ether oxygens (including phenoxy) is 1. The van der Waals surface area contributed by atoms with Crippen LogP contribution in [0.2, 0.25) is 10.0 Å². The number of halogens is 2. The lowest BCUT2D eigenvalue weighted by Gasteiger charge is -2.24. The maximum absolute atomic E-state index is 13.6. The van der Waals surface area contributed by atoms with Crippen molar-refractivity contribution in [1.29, 1.82) is 0 Å². The van der Waals surface area contributed by atoms with Crippen molar-refractivity contribution < 1.29 is 13.9 Å². The maximum Gasteiger partial charge on any atom is 0.338 e. The summed E-state index contributed by atoms with van der Waals surface area (Å²) in [5.41, 5.74) is 2.10. The molecule has 0 spiro atoms. The number of hydrogen-bond donors (Lipinski definition) is 0. The first kappa shape index (κ1) is 23.4. The van der Waals surface area contributed by atoms with E-state index >= 15 is 0 Å². The van der Waals surface area contributed by atoms with E-state index < -0.39 is 12.0 Å². The number of methoxy groups -OCH3 is 1. The minimum absolute atomic E-state index is 0.285. The van der Waals surface area contributed by atoms with Gasteiger partial charge in [0.05, 0.1) is 29.0 Å². The SMILES string of the molecule is COC(=O)C1=C(C)N=c2s/c(=C/c3ccc(-c4ccc(Cl)cc4)o3)c(=O)n2C1c1ccc(Cl)cc1. The highest BCUT2D eigenvalue weighted by Crippen LogP contribution is 2.31. The topological polar surface area (TPSA) is 73.8 Å². The van der Waals surface area contributed by atoms with Gasteiger partial charge in [0.15, 0.2) is 4.80 Å². The Balaban J connectivity index is 1.64. The van der Waals surface area contributed by atoms with Crippen molar-refractivity contribution in [2.24, 2.45) is 4.99 Å². The summed E-state index contributed by atoms with van der Waals surface area (Å²) in [5.74, 6) is 0.634. The first-order valence-electron chi connectivity index (χ1n) is 10.6. The van der Waals surface area contributed by atoms with E-state index in [0.717, 1.165) is 11.1 Å². The van der Waals surface area contributed by atoms with Crippen molar-refractivity contribution in [2.75, 3.05) is 7.11 Å². The third-order valence-electron chi connectivity index (χ3n) is 5.64. The Morgan fingerprint density at radius 3 is 2.37 bits per heavy atom. The van der Waals surface area contributed by atoms with Crippen LogP contribution in [0.25, 0.3) is 17.4 Å². The van der Waals surface area contributed by atoms with Crippen LogP contribution in [0, 0.1) is 0 Å². The van der Waals surface area contributed by atoms with Gasteiger partial charge in [-0.15, -0.1) is 0 Å². The number of esters is 1. The van der Waals surface area contributed by atoms with E-state index in [1.165, 1.54) is 23.0 Å². The monoisotopic (exact) mass is 524 g/mol. The van der Waals surface area contributed by atoms with Gasteiger partial charge in [0.1, 0.15) is 11.5 Å². The van der Waals surface area contributed by atoms with Crippen molar-refractivity contribution >= 4 is 46.6 Å². The fourth-order valence-electron chi connectivity index (χ4n) is 3.98. The van der Waals surface area contributed by atoms with Crippen LogP contribution >= 0.6 is 34.5 Å². The van der Waals surface area contributed by atoms with Crippen LogP contribution in [-0.2, 0) is 9.53 Å². The largest absolute Gasteiger partial charge is 0.466 e. The number of carbonyl (C=O) groups excluding carboxylic acids is 1. The molecule has 0 aliphatic carbocycles. The lowest BCUT2D eigenvalue weighted by molar-refractivity contribution is -0.136. The number of nitrogens with zero attached hydrogens (tertiary/aromatic N) is 2. The molecule has 2 aromatic carbocycles. The first-order valence-corrected chi connectivity index (χ1v) is 12.1. The number of allylic oxidation sites excluding steroid dienone is 1. The molecule has 1 aliphatic rings. The smallest absolute Gasteiger partial charge is 0.338 e. The Bertz CT molecular complexity index is 1650. The predicted octanol–water partition coefficient (Wildman–Crippen LogP) is 4.98. The van der Waals surface area contributed by atoms with Crippen LogP contribution in [0.4, 0.5) is 0 Å². The van der Waals surface area contributed by atoms with Crippen LogP contribution in [0.5, 0.6) is 0 Å². The zero-order chi connectivity index (χ0) is 24.7. The van der Waals surface area contributed by atoms with Gasteiger partial charge in [0.2, 0.25) is 0 Å². The first-order chi connectivity index (χ1) is 16.9. The Kier molecular flexibility index (Phi) is 6.23. The summed E-state index contributed by atoms with van der Waals surface area (Å²) in [6.45, 7) is 1.73. The maximum atomic E-state index is 13.6. The molecular weight excluding hydrogens is 507 g/mol. The molecule has 0 saturated heterocycles. The van der Waals surface area contributed by atoms with Gasteiger partial charge in [-0.3, -0.25) is 9.36 Å². The molecule has 35 heavy (non-hydrogen) atoms. The van der Waals surface area contributed by atoms with Gasteiger partial charge in [0.25, 0.3) is 5.56 Å². The average Bonchev–Trinajstić information content (AvgIpc) is 3.43. The van der Waals surface area contributed by atoms with Gasteiger partial charge in [-0.2, -0.15) is 0 Å². The molecule has 9 heteroatoms. The summed E-state index contributed by atoms with van der Waals surface area (Å²) in [7, 11) is 1.31. The van der Waals surface area contributed by atoms with Crippen LogP contribution in [-0.4, -0.2) is 17.6 Å². The van der Waals surface area contributed by atoms with E-state index in [9.17, 15) is 9.59 Å². The van der Waals surface area contributed by atoms with E-state index in [0.29, 0.717) is 42.2 Å². The van der Waals surface area contributed by atoms with Crippen LogP contribution in [0.3, 0.4) is 0 Å². The molecule has 0 bridgehead atoms. The average molecular weight is 525 g/mol. The number of fused-ring (bicyclic) bond motifs is 1. The summed E-state index contributed by atoms with van der Waals surface area (Å²) in [5, 5.41) is 1.19. The molecule has 5 rings (SSSR count). The Morgan fingerprint density at radius 2 is 1.71 bits per heavy atom. The molecule has 176 valence electrons. The lowest BCUT2D eigenvalue weighted by Crippen LogP contribution is -2.39. The highest BCUT2D eigenvalue weighted by atomic mass is 35.5. The molecule has 0 amide bonds. The van der Waals surface area contributed by atoms with Crippen LogP contribution in [0.1, 0.15) is 24.3 Å². The van der Waals surface area contributed by atoms with E-state index in [2.05, 4.69) is 4.99 Å². The molecule has 0 N–H and O–H groups in total. The summed E-state index contributed by atoms with van der Waals surface area (Å²) >= 11 is 13.3. The number of carbonyl (C=O) groups is 1. The van der Waals surface area contributed by atoms with Gasteiger partial charge in [-0.1, -0.05) is 46.7 Å². The second-order valence-electron chi connectivity index (χ2n) is 7.83. The molecule has 4 aromatic rings. The van der Waals surface area contributed by atoms with Crippen molar-refractivity contribution in [3.8, 4) is 11.3 Å². The van der Waals surface area contributed by atoms with Crippen molar-refractivity contribution in [2.45, 2.75) is 13.0 Å². The second kappa shape index (κ2) is 9.34. The Labute approximate surface area is 214 Å². The Hall–Kier alpha value is -3.39. The molecule has 0 fully saturated rings. The quantitative estimate of drug-likeness (QED) is 0.353. The van der Waals surface area contributed by atoms with Gasteiger partial charge in [-0.05, 0) is 61.0 Å².